The van der Waals surface area contributed by atoms with Gasteiger partial charge >= 0.3 is 0 Å². The molecule has 0 aliphatic carbocycles. The normalized spacial score (nSPS) is 18.6. The van der Waals surface area contributed by atoms with Crippen LogP contribution in [0.4, 0.5) is 5.69 Å². The molecule has 2 heterocycles. The fourth-order valence-electron chi connectivity index (χ4n) is 2.50. The van der Waals surface area contributed by atoms with E-state index in [-0.39, 0.29) is 22.6 Å². The van der Waals surface area contributed by atoms with Crippen molar-refractivity contribution in [1.29, 1.82) is 0 Å². The lowest BCUT2D eigenvalue weighted by Crippen LogP contribution is -2.31. The molecule has 0 spiro atoms. The summed E-state index contributed by atoms with van der Waals surface area (Å²) in [7, 11) is -3.49. The number of amides is 1. The van der Waals surface area contributed by atoms with Crippen LogP contribution < -0.4 is 9.62 Å². The molecule has 1 aliphatic rings. The van der Waals surface area contributed by atoms with E-state index in [4.69, 9.17) is 11.6 Å². The standard InChI is InChI=1S/C15H15ClN2O3S2/c16-12-3-5-13(6-4-12)18-10-11(8-14(18)19)9-17-23(20,21)15-2-1-7-22-15/h1-7,11,17H,8-10H2/t11-/m0/s1. The molecule has 8 heteroatoms. The molecule has 0 unspecified atom stereocenters. The molecule has 1 atom stereocenters. The molecule has 1 aliphatic heterocycles. The first-order chi connectivity index (χ1) is 11.0. The summed E-state index contributed by atoms with van der Waals surface area (Å²) in [6.45, 7) is 0.740. The van der Waals surface area contributed by atoms with Gasteiger partial charge < -0.3 is 4.90 Å². The predicted octanol–water partition coefficient (Wildman–Crippen LogP) is 2.73. The molecular weight excluding hydrogens is 356 g/mol. The van der Waals surface area contributed by atoms with Crippen LogP contribution in [0.5, 0.6) is 0 Å². The summed E-state index contributed by atoms with van der Waals surface area (Å²) in [5.41, 5.74) is 0.781. The van der Waals surface area contributed by atoms with Crippen molar-refractivity contribution in [2.24, 2.45) is 5.92 Å². The summed E-state index contributed by atoms with van der Waals surface area (Å²) in [6.07, 6.45) is 0.329. The summed E-state index contributed by atoms with van der Waals surface area (Å²) in [5, 5.41) is 2.33. The number of halogens is 1. The van der Waals surface area contributed by atoms with Crippen LogP contribution in [0.2, 0.25) is 5.02 Å². The fraction of sp³-hybridized carbons (Fsp3) is 0.267. The van der Waals surface area contributed by atoms with Gasteiger partial charge in [-0.3, -0.25) is 4.79 Å². The molecule has 1 aromatic heterocycles. The number of rotatable bonds is 5. The quantitative estimate of drug-likeness (QED) is 0.880. The minimum atomic E-state index is -3.49. The minimum Gasteiger partial charge on any atom is -0.312 e. The van der Waals surface area contributed by atoms with E-state index < -0.39 is 10.0 Å². The summed E-state index contributed by atoms with van der Waals surface area (Å²) < 4.78 is 27.1. The molecule has 23 heavy (non-hydrogen) atoms. The zero-order chi connectivity index (χ0) is 16.4. The Morgan fingerprint density at radius 1 is 1.26 bits per heavy atom. The molecule has 1 aromatic carbocycles. The molecule has 1 amide bonds. The van der Waals surface area contributed by atoms with Gasteiger partial charge in [0, 0.05) is 30.2 Å². The molecule has 1 N–H and O–H groups in total. The first kappa shape index (κ1) is 16.4. The fourth-order valence-corrected chi connectivity index (χ4v) is 4.78. The van der Waals surface area contributed by atoms with E-state index >= 15 is 0 Å². The second kappa shape index (κ2) is 6.60. The Morgan fingerprint density at radius 3 is 2.65 bits per heavy atom. The molecular formula is C15H15ClN2O3S2. The number of nitrogens with zero attached hydrogens (tertiary/aromatic N) is 1. The van der Waals surface area contributed by atoms with Crippen molar-refractivity contribution in [3.05, 3.63) is 46.8 Å². The van der Waals surface area contributed by atoms with Crippen molar-refractivity contribution in [3.8, 4) is 0 Å². The minimum absolute atomic E-state index is 0.00681. The first-order valence-corrected chi connectivity index (χ1v) is 9.79. The molecule has 0 radical (unpaired) electrons. The Bertz CT molecular complexity index is 789. The van der Waals surface area contributed by atoms with Gasteiger partial charge in [0.2, 0.25) is 15.9 Å². The van der Waals surface area contributed by atoms with Gasteiger partial charge in [-0.1, -0.05) is 17.7 Å². The maximum absolute atomic E-state index is 12.1. The van der Waals surface area contributed by atoms with Gasteiger partial charge in [-0.2, -0.15) is 0 Å². The van der Waals surface area contributed by atoms with Gasteiger partial charge in [-0.25, -0.2) is 13.1 Å². The number of sulfonamides is 1. The smallest absolute Gasteiger partial charge is 0.250 e. The van der Waals surface area contributed by atoms with Gasteiger partial charge in [0.15, 0.2) is 0 Å². The topological polar surface area (TPSA) is 66.5 Å². The Hall–Kier alpha value is -1.41. The largest absolute Gasteiger partial charge is 0.312 e. The van der Waals surface area contributed by atoms with Crippen LogP contribution >= 0.6 is 22.9 Å². The van der Waals surface area contributed by atoms with Crippen LogP contribution in [0.1, 0.15) is 6.42 Å². The number of thiophene rings is 1. The van der Waals surface area contributed by atoms with E-state index in [1.165, 1.54) is 11.3 Å². The Balaban J connectivity index is 1.63. The lowest BCUT2D eigenvalue weighted by atomic mass is 10.1. The molecule has 3 rings (SSSR count). The summed E-state index contributed by atoms with van der Waals surface area (Å²) in [4.78, 5) is 13.8. The monoisotopic (exact) mass is 370 g/mol. The van der Waals surface area contributed by atoms with Gasteiger partial charge in [0.25, 0.3) is 0 Å². The van der Waals surface area contributed by atoms with Crippen LogP contribution in [0, 0.1) is 5.92 Å². The molecule has 1 fully saturated rings. The molecule has 5 nitrogen and oxygen atoms in total. The zero-order valence-electron chi connectivity index (χ0n) is 12.1. The number of carbonyl (C=O) groups excluding carboxylic acids is 1. The molecule has 0 bridgehead atoms. The van der Waals surface area contributed by atoms with Crippen molar-refractivity contribution in [1.82, 2.24) is 4.72 Å². The molecule has 2 aromatic rings. The van der Waals surface area contributed by atoms with Gasteiger partial charge in [-0.15, -0.1) is 11.3 Å². The van der Waals surface area contributed by atoms with Crippen molar-refractivity contribution >= 4 is 44.6 Å². The van der Waals surface area contributed by atoms with Crippen molar-refractivity contribution in [3.63, 3.8) is 0 Å². The maximum atomic E-state index is 12.1. The highest BCUT2D eigenvalue weighted by Crippen LogP contribution is 2.26. The lowest BCUT2D eigenvalue weighted by molar-refractivity contribution is -0.117. The zero-order valence-corrected chi connectivity index (χ0v) is 14.5. The van der Waals surface area contributed by atoms with E-state index in [0.29, 0.717) is 18.0 Å². The highest BCUT2D eigenvalue weighted by Gasteiger charge is 2.31. The van der Waals surface area contributed by atoms with E-state index in [1.54, 1.807) is 46.7 Å². The van der Waals surface area contributed by atoms with Crippen LogP contribution in [0.3, 0.4) is 0 Å². The highest BCUT2D eigenvalue weighted by molar-refractivity contribution is 7.91. The van der Waals surface area contributed by atoms with Gasteiger partial charge in [0.05, 0.1) is 0 Å². The Labute approximate surface area is 143 Å². The number of hydrogen-bond donors (Lipinski definition) is 1. The predicted molar refractivity (Wildman–Crippen MR) is 91.4 cm³/mol. The summed E-state index contributed by atoms with van der Waals surface area (Å²) in [6, 6.07) is 10.3. The summed E-state index contributed by atoms with van der Waals surface area (Å²) in [5.74, 6) is -0.0550. The Kier molecular flexibility index (Phi) is 4.72. The highest BCUT2D eigenvalue weighted by atomic mass is 35.5. The average molecular weight is 371 g/mol. The molecule has 122 valence electrons. The van der Waals surface area contributed by atoms with Gasteiger partial charge in [-0.05, 0) is 41.6 Å². The number of anilines is 1. The SMILES string of the molecule is O=C1C[C@@H](CNS(=O)(=O)c2cccs2)CN1c1ccc(Cl)cc1. The first-order valence-electron chi connectivity index (χ1n) is 7.05. The van der Waals surface area contributed by atoms with E-state index in [1.807, 2.05) is 0 Å². The number of carbonyl (C=O) groups is 1. The number of nitrogens with one attached hydrogen (secondary N) is 1. The van der Waals surface area contributed by atoms with Crippen LogP contribution in [-0.4, -0.2) is 27.4 Å². The van der Waals surface area contributed by atoms with Gasteiger partial charge in [0.1, 0.15) is 4.21 Å². The van der Waals surface area contributed by atoms with E-state index in [2.05, 4.69) is 4.72 Å². The van der Waals surface area contributed by atoms with Crippen molar-refractivity contribution < 1.29 is 13.2 Å². The third-order valence-corrected chi connectivity index (χ3v) is 6.74. The number of hydrogen-bond acceptors (Lipinski definition) is 4. The van der Waals surface area contributed by atoms with Crippen molar-refractivity contribution in [2.75, 3.05) is 18.0 Å². The van der Waals surface area contributed by atoms with Crippen LogP contribution in [0.25, 0.3) is 0 Å². The van der Waals surface area contributed by atoms with Crippen molar-refractivity contribution in [2.45, 2.75) is 10.6 Å². The average Bonchev–Trinajstić information content (AvgIpc) is 3.16. The molecule has 0 saturated carbocycles. The lowest BCUT2D eigenvalue weighted by Gasteiger charge is -2.17. The van der Waals surface area contributed by atoms with E-state index in [9.17, 15) is 13.2 Å². The van der Waals surface area contributed by atoms with Crippen LogP contribution in [-0.2, 0) is 14.8 Å². The van der Waals surface area contributed by atoms with Crippen LogP contribution in [0.15, 0.2) is 46.0 Å². The van der Waals surface area contributed by atoms with E-state index in [0.717, 1.165) is 5.69 Å². The third-order valence-electron chi connectivity index (χ3n) is 3.67. The second-order valence-corrected chi connectivity index (χ2v) is 8.71. The summed E-state index contributed by atoms with van der Waals surface area (Å²) >= 11 is 7.02. The third kappa shape index (κ3) is 3.74. The Morgan fingerprint density at radius 2 is 2.00 bits per heavy atom. The number of benzene rings is 1. The molecule has 1 saturated heterocycles. The second-order valence-electron chi connectivity index (χ2n) is 5.33. The maximum Gasteiger partial charge on any atom is 0.250 e.